The second-order valence-corrected chi connectivity index (χ2v) is 10.4. The standard InChI is InChI=1S/C30H36N2O6/c1-5-6-8-13-26-31-23(27(32-26)29(34)38-30(2,3)4)17-22(21-14-15-24-25(16-21)37-19-36-24)28(33)35-18-20-11-9-7-10-12-20/h7,9-12,14-16,22H,5-6,8,13,17-19H2,1-4H3,(H,31,32). The molecule has 1 aliphatic heterocycles. The number of nitrogens with zero attached hydrogens (tertiary/aromatic N) is 1. The molecule has 4 rings (SSSR count). The molecule has 202 valence electrons. The zero-order chi connectivity index (χ0) is 27.1. The van der Waals surface area contributed by atoms with Crippen LogP contribution in [0.4, 0.5) is 0 Å². The molecule has 0 amide bonds. The summed E-state index contributed by atoms with van der Waals surface area (Å²) in [6.45, 7) is 7.86. The molecule has 2 heterocycles. The molecule has 8 heteroatoms. The second-order valence-electron chi connectivity index (χ2n) is 10.4. The fraction of sp³-hybridized carbons (Fsp3) is 0.433. The Bertz CT molecular complexity index is 1250. The topological polar surface area (TPSA) is 99.7 Å². The van der Waals surface area contributed by atoms with Crippen molar-refractivity contribution in [3.63, 3.8) is 0 Å². The van der Waals surface area contributed by atoms with Crippen LogP contribution in [0.5, 0.6) is 11.5 Å². The molecule has 1 atom stereocenters. The van der Waals surface area contributed by atoms with Gasteiger partial charge in [-0.1, -0.05) is 56.2 Å². The number of esters is 2. The van der Waals surface area contributed by atoms with Crippen molar-refractivity contribution in [1.82, 2.24) is 9.97 Å². The third kappa shape index (κ3) is 7.15. The summed E-state index contributed by atoms with van der Waals surface area (Å²) >= 11 is 0. The summed E-state index contributed by atoms with van der Waals surface area (Å²) in [5, 5.41) is 0. The summed E-state index contributed by atoms with van der Waals surface area (Å²) in [7, 11) is 0. The lowest BCUT2D eigenvalue weighted by Crippen LogP contribution is -2.25. The third-order valence-corrected chi connectivity index (χ3v) is 6.15. The van der Waals surface area contributed by atoms with Gasteiger partial charge in [0.05, 0.1) is 11.6 Å². The number of aromatic nitrogens is 2. The van der Waals surface area contributed by atoms with Gasteiger partial charge in [0.2, 0.25) is 6.79 Å². The van der Waals surface area contributed by atoms with E-state index < -0.39 is 23.5 Å². The molecule has 1 N–H and O–H groups in total. The van der Waals surface area contributed by atoms with Crippen LogP contribution in [0.3, 0.4) is 0 Å². The monoisotopic (exact) mass is 520 g/mol. The summed E-state index contributed by atoms with van der Waals surface area (Å²) in [6.07, 6.45) is 3.94. The van der Waals surface area contributed by atoms with E-state index in [1.807, 2.05) is 57.2 Å². The van der Waals surface area contributed by atoms with Crippen LogP contribution in [-0.2, 0) is 33.7 Å². The van der Waals surface area contributed by atoms with Gasteiger partial charge in [0.1, 0.15) is 23.7 Å². The predicted octanol–water partition coefficient (Wildman–Crippen LogP) is 5.90. The Morgan fingerprint density at radius 1 is 1.05 bits per heavy atom. The maximum atomic E-state index is 13.5. The fourth-order valence-electron chi connectivity index (χ4n) is 4.26. The molecular weight excluding hydrogens is 484 g/mol. The van der Waals surface area contributed by atoms with Gasteiger partial charge in [-0.25, -0.2) is 9.78 Å². The highest BCUT2D eigenvalue weighted by Crippen LogP contribution is 2.36. The predicted molar refractivity (Wildman–Crippen MR) is 142 cm³/mol. The molecule has 2 aromatic carbocycles. The first kappa shape index (κ1) is 27.2. The van der Waals surface area contributed by atoms with Gasteiger partial charge in [0.15, 0.2) is 11.5 Å². The van der Waals surface area contributed by atoms with Crippen LogP contribution in [-0.4, -0.2) is 34.3 Å². The lowest BCUT2D eigenvalue weighted by atomic mass is 9.93. The smallest absolute Gasteiger partial charge is 0.357 e. The summed E-state index contributed by atoms with van der Waals surface area (Å²) in [5.74, 6) is 0.260. The highest BCUT2D eigenvalue weighted by molar-refractivity contribution is 5.89. The van der Waals surface area contributed by atoms with E-state index in [4.69, 9.17) is 23.9 Å². The number of nitrogens with one attached hydrogen (secondary N) is 1. The highest BCUT2D eigenvalue weighted by Gasteiger charge is 2.31. The number of H-pyrrole nitrogens is 1. The number of carbonyl (C=O) groups is 2. The lowest BCUT2D eigenvalue weighted by Gasteiger charge is -2.20. The first-order chi connectivity index (χ1) is 18.2. The Kier molecular flexibility index (Phi) is 8.71. The van der Waals surface area contributed by atoms with E-state index in [-0.39, 0.29) is 25.5 Å². The van der Waals surface area contributed by atoms with Gasteiger partial charge in [-0.15, -0.1) is 0 Å². The number of unbranched alkanes of at least 4 members (excludes halogenated alkanes) is 2. The van der Waals surface area contributed by atoms with E-state index in [1.165, 1.54) is 0 Å². The van der Waals surface area contributed by atoms with Gasteiger partial charge in [-0.2, -0.15) is 0 Å². The van der Waals surface area contributed by atoms with Gasteiger partial charge in [0.25, 0.3) is 0 Å². The summed E-state index contributed by atoms with van der Waals surface area (Å²) in [6, 6.07) is 14.9. The number of carbonyl (C=O) groups excluding carboxylic acids is 2. The number of rotatable bonds is 11. The molecule has 3 aromatic rings. The molecule has 0 fully saturated rings. The van der Waals surface area contributed by atoms with Gasteiger partial charge < -0.3 is 23.9 Å². The molecule has 0 bridgehead atoms. The quantitative estimate of drug-likeness (QED) is 0.248. The van der Waals surface area contributed by atoms with Crippen LogP contribution in [0.1, 0.15) is 86.0 Å². The number of imidazole rings is 1. The molecule has 0 aliphatic carbocycles. The van der Waals surface area contributed by atoms with Crippen LogP contribution < -0.4 is 9.47 Å². The van der Waals surface area contributed by atoms with Crippen molar-refractivity contribution in [3.8, 4) is 11.5 Å². The van der Waals surface area contributed by atoms with Crippen LogP contribution in [0.15, 0.2) is 48.5 Å². The number of fused-ring (bicyclic) bond motifs is 1. The second kappa shape index (κ2) is 12.2. The molecule has 1 aromatic heterocycles. The van der Waals surface area contributed by atoms with Crippen molar-refractivity contribution in [3.05, 3.63) is 76.9 Å². The molecule has 1 aliphatic rings. The molecule has 8 nitrogen and oxygen atoms in total. The highest BCUT2D eigenvalue weighted by atomic mass is 16.7. The number of aryl methyl sites for hydroxylation is 1. The minimum atomic E-state index is -0.721. The maximum Gasteiger partial charge on any atom is 0.357 e. The van der Waals surface area contributed by atoms with Crippen molar-refractivity contribution in [2.75, 3.05) is 6.79 Å². The molecule has 0 saturated heterocycles. The van der Waals surface area contributed by atoms with E-state index in [0.717, 1.165) is 24.8 Å². The Labute approximate surface area is 223 Å². The summed E-state index contributed by atoms with van der Waals surface area (Å²) in [5.41, 5.74) is 1.65. The van der Waals surface area contributed by atoms with Crippen molar-refractivity contribution in [2.45, 2.75) is 77.9 Å². The summed E-state index contributed by atoms with van der Waals surface area (Å²) in [4.78, 5) is 34.6. The van der Waals surface area contributed by atoms with E-state index in [0.29, 0.717) is 35.0 Å². The van der Waals surface area contributed by atoms with Gasteiger partial charge in [0, 0.05) is 12.8 Å². The molecule has 38 heavy (non-hydrogen) atoms. The molecule has 1 unspecified atom stereocenters. The Balaban J connectivity index is 1.64. The molecule has 0 radical (unpaired) electrons. The van der Waals surface area contributed by atoms with Crippen LogP contribution in [0.25, 0.3) is 0 Å². The zero-order valence-corrected chi connectivity index (χ0v) is 22.5. The first-order valence-corrected chi connectivity index (χ1v) is 13.1. The van der Waals surface area contributed by atoms with Gasteiger partial charge in [-0.05, 0) is 50.5 Å². The lowest BCUT2D eigenvalue weighted by molar-refractivity contribution is -0.146. The van der Waals surface area contributed by atoms with Gasteiger partial charge >= 0.3 is 11.9 Å². The maximum absolute atomic E-state index is 13.5. The number of hydrogen-bond donors (Lipinski definition) is 1. The number of aromatic amines is 1. The largest absolute Gasteiger partial charge is 0.460 e. The number of ether oxygens (including phenoxy) is 4. The Hall–Kier alpha value is -3.81. The van der Waals surface area contributed by atoms with E-state index >= 15 is 0 Å². The normalized spacial score (nSPS) is 13.3. The minimum Gasteiger partial charge on any atom is -0.460 e. The zero-order valence-electron chi connectivity index (χ0n) is 22.5. The van der Waals surface area contributed by atoms with Crippen LogP contribution in [0.2, 0.25) is 0 Å². The Morgan fingerprint density at radius 2 is 1.82 bits per heavy atom. The number of hydrogen-bond acceptors (Lipinski definition) is 7. The van der Waals surface area contributed by atoms with Crippen molar-refractivity contribution < 1.29 is 28.5 Å². The third-order valence-electron chi connectivity index (χ3n) is 6.15. The number of benzene rings is 2. The molecule has 0 spiro atoms. The molecular formula is C30H36N2O6. The first-order valence-electron chi connectivity index (χ1n) is 13.1. The average Bonchev–Trinajstić information content (AvgIpc) is 3.52. The summed E-state index contributed by atoms with van der Waals surface area (Å²) < 4.78 is 22.4. The van der Waals surface area contributed by atoms with Gasteiger partial charge in [-0.3, -0.25) is 4.79 Å². The minimum absolute atomic E-state index is 0.130. The SMILES string of the molecule is CCCCCc1nc(CC(C(=O)OCc2ccccc2)c2ccc3c(c2)OCO3)c(C(=O)OC(C)(C)C)[nH]1. The molecule has 0 saturated carbocycles. The van der Waals surface area contributed by atoms with Crippen molar-refractivity contribution in [2.24, 2.45) is 0 Å². The fourth-order valence-corrected chi connectivity index (χ4v) is 4.26. The Morgan fingerprint density at radius 3 is 2.55 bits per heavy atom. The van der Waals surface area contributed by atoms with E-state index in [9.17, 15) is 9.59 Å². The van der Waals surface area contributed by atoms with Crippen molar-refractivity contribution in [1.29, 1.82) is 0 Å². The van der Waals surface area contributed by atoms with Crippen LogP contribution in [0, 0.1) is 0 Å². The van der Waals surface area contributed by atoms with E-state index in [2.05, 4.69) is 11.9 Å². The van der Waals surface area contributed by atoms with Crippen molar-refractivity contribution >= 4 is 11.9 Å². The average molecular weight is 521 g/mol. The van der Waals surface area contributed by atoms with E-state index in [1.54, 1.807) is 12.1 Å². The van der Waals surface area contributed by atoms with Crippen LogP contribution >= 0.6 is 0 Å².